The van der Waals surface area contributed by atoms with Gasteiger partial charge in [-0.3, -0.25) is 9.36 Å². The fourth-order valence-electron chi connectivity index (χ4n) is 4.63. The molecule has 5 aliphatic heterocycles. The summed E-state index contributed by atoms with van der Waals surface area (Å²) in [7, 11) is -1.87. The summed E-state index contributed by atoms with van der Waals surface area (Å²) in [5.41, 5.74) is 0.101. The second kappa shape index (κ2) is 5.07. The number of esters is 1. The number of hydrogen-bond acceptors (Lipinski definition) is 8. The van der Waals surface area contributed by atoms with E-state index in [-0.39, 0.29) is 29.8 Å². The molecule has 0 unspecified atom stereocenters. The lowest BCUT2D eigenvalue weighted by Crippen LogP contribution is -2.56. The van der Waals surface area contributed by atoms with Crippen molar-refractivity contribution in [1.29, 1.82) is 0 Å². The van der Waals surface area contributed by atoms with Crippen molar-refractivity contribution in [2.45, 2.75) is 31.5 Å². The number of hydrogen-bond donors (Lipinski definition) is 1. The molecule has 1 fully saturated rings. The highest BCUT2D eigenvalue weighted by atomic mass is 31.2. The summed E-state index contributed by atoms with van der Waals surface area (Å²) in [4.78, 5) is 31.1. The van der Waals surface area contributed by atoms with Crippen LogP contribution in [0.4, 0.5) is 0 Å². The zero-order valence-corrected chi connectivity index (χ0v) is 16.4. The van der Waals surface area contributed by atoms with E-state index in [0.717, 1.165) is 16.5 Å². The standard InChI is InChI=1S/C20H13N2O7P/c1-2-19(25)12-13-17(23)22-8-10-7-9-5-3-4-6-11(9)21-14(10)15(22)16(12)27-30-28-20(13,29-30)26-18(19)24/h3-7,25H,2,8H2,1H3/t19-,20?,30?/m0/s1. The minimum Gasteiger partial charge on any atom is -0.424 e. The molecule has 9 nitrogen and oxygen atoms in total. The van der Waals surface area contributed by atoms with Gasteiger partial charge in [-0.15, -0.1) is 0 Å². The van der Waals surface area contributed by atoms with E-state index in [4.69, 9.17) is 23.3 Å². The van der Waals surface area contributed by atoms with Crippen LogP contribution in [0.15, 0.2) is 35.1 Å². The number of ether oxygens (including phenoxy) is 1. The molecular formula is C20H13N2O7P. The van der Waals surface area contributed by atoms with Gasteiger partial charge in [-0.1, -0.05) is 25.1 Å². The zero-order valence-electron chi connectivity index (χ0n) is 15.5. The molecular weight excluding hydrogens is 411 g/mol. The van der Waals surface area contributed by atoms with E-state index in [0.29, 0.717) is 11.4 Å². The molecule has 7 heterocycles. The second-order valence-corrected chi connectivity index (χ2v) is 8.66. The second-order valence-electron chi connectivity index (χ2n) is 7.66. The molecule has 3 aromatic rings. The fourth-order valence-corrected chi connectivity index (χ4v) is 5.70. The number of aliphatic hydroxyl groups is 1. The molecule has 1 aromatic carbocycles. The summed E-state index contributed by atoms with van der Waals surface area (Å²) in [5.74, 6) is -2.71. The molecule has 0 aliphatic carbocycles. The third-order valence-corrected chi connectivity index (χ3v) is 7.24. The van der Waals surface area contributed by atoms with Crippen LogP contribution < -0.4 is 10.1 Å². The average molecular weight is 424 g/mol. The number of aromatic nitrogens is 2. The summed E-state index contributed by atoms with van der Waals surface area (Å²) < 4.78 is 23.9. The van der Waals surface area contributed by atoms with E-state index in [9.17, 15) is 14.7 Å². The van der Waals surface area contributed by atoms with Crippen LogP contribution in [-0.4, -0.2) is 20.6 Å². The van der Waals surface area contributed by atoms with E-state index in [1.165, 1.54) is 4.57 Å². The first-order valence-corrected chi connectivity index (χ1v) is 10.6. The van der Waals surface area contributed by atoms with Gasteiger partial charge in [0.05, 0.1) is 23.3 Å². The number of para-hydroxylation sites is 1. The molecule has 30 heavy (non-hydrogen) atoms. The summed E-state index contributed by atoms with van der Waals surface area (Å²) in [5, 5.41) is 12.2. The van der Waals surface area contributed by atoms with Gasteiger partial charge in [0.15, 0.2) is 11.4 Å². The van der Waals surface area contributed by atoms with Crippen LogP contribution in [0, 0.1) is 0 Å². The van der Waals surface area contributed by atoms with E-state index in [2.05, 4.69) is 0 Å². The van der Waals surface area contributed by atoms with Gasteiger partial charge in [0.25, 0.3) is 5.56 Å². The molecule has 8 rings (SSSR count). The highest BCUT2D eigenvalue weighted by Crippen LogP contribution is 2.69. The maximum absolute atomic E-state index is 13.6. The van der Waals surface area contributed by atoms with Gasteiger partial charge < -0.3 is 14.4 Å². The van der Waals surface area contributed by atoms with Gasteiger partial charge in [-0.05, 0) is 18.6 Å². The van der Waals surface area contributed by atoms with Gasteiger partial charge in [0.1, 0.15) is 11.3 Å². The molecule has 1 N–H and O–H groups in total. The minimum atomic E-state index is -2.05. The third-order valence-electron chi connectivity index (χ3n) is 6.13. The van der Waals surface area contributed by atoms with E-state index >= 15 is 0 Å². The van der Waals surface area contributed by atoms with E-state index in [1.807, 2.05) is 30.3 Å². The number of carbonyl (C=O) groups is 1. The van der Waals surface area contributed by atoms with E-state index in [1.54, 1.807) is 6.92 Å². The largest absolute Gasteiger partial charge is 0.424 e. The number of rotatable bonds is 1. The molecule has 5 aliphatic rings. The van der Waals surface area contributed by atoms with Crippen LogP contribution in [0.5, 0.6) is 5.75 Å². The zero-order chi connectivity index (χ0) is 20.4. The lowest BCUT2D eigenvalue weighted by molar-refractivity contribution is -0.359. The smallest absolute Gasteiger partial charge is 0.408 e. The highest BCUT2D eigenvalue weighted by Gasteiger charge is 2.69. The number of fused-ring (bicyclic) bond motifs is 4. The lowest BCUT2D eigenvalue weighted by Gasteiger charge is -2.44. The van der Waals surface area contributed by atoms with Crippen LogP contribution in [0.25, 0.3) is 22.3 Å². The molecule has 150 valence electrons. The van der Waals surface area contributed by atoms with Crippen LogP contribution in [0.3, 0.4) is 0 Å². The van der Waals surface area contributed by atoms with Crippen molar-refractivity contribution in [2.75, 3.05) is 0 Å². The van der Waals surface area contributed by atoms with Crippen molar-refractivity contribution < 1.29 is 28.2 Å². The van der Waals surface area contributed by atoms with Crippen molar-refractivity contribution in [3.63, 3.8) is 0 Å². The van der Waals surface area contributed by atoms with Crippen LogP contribution in [-0.2, 0) is 36.7 Å². The Kier molecular flexibility index (Phi) is 2.86. The number of nitrogens with zero attached hydrogens (tertiary/aromatic N) is 2. The molecule has 10 heteroatoms. The number of benzene rings is 1. The molecule has 0 saturated carbocycles. The summed E-state index contributed by atoms with van der Waals surface area (Å²) in [6.07, 6.45) is -0.00982. The fraction of sp³-hybridized carbons (Fsp3) is 0.250. The highest BCUT2D eigenvalue weighted by molar-refractivity contribution is 7.43. The van der Waals surface area contributed by atoms with E-state index < -0.39 is 31.7 Å². The Morgan fingerprint density at radius 2 is 2.03 bits per heavy atom. The molecule has 1 atom stereocenters. The van der Waals surface area contributed by atoms with Gasteiger partial charge in [0.2, 0.25) is 0 Å². The molecule has 1 spiro atoms. The predicted molar refractivity (Wildman–Crippen MR) is 102 cm³/mol. The SMILES string of the molecule is CC[C@@]1(O)C(=O)OC23OP(Oc4c1c2c(=O)n1c4-c2nc4ccccc4cc2C1)O3. The summed E-state index contributed by atoms with van der Waals surface area (Å²) in [6.45, 7) is 1.91. The van der Waals surface area contributed by atoms with Gasteiger partial charge in [0, 0.05) is 10.9 Å². The van der Waals surface area contributed by atoms with Crippen molar-refractivity contribution in [2.24, 2.45) is 0 Å². The van der Waals surface area contributed by atoms with Gasteiger partial charge >= 0.3 is 20.5 Å². The van der Waals surface area contributed by atoms with Gasteiger partial charge in [-0.25, -0.2) is 18.8 Å². The van der Waals surface area contributed by atoms with Crippen LogP contribution in [0.2, 0.25) is 0 Å². The van der Waals surface area contributed by atoms with Crippen molar-refractivity contribution >= 4 is 25.5 Å². The lowest BCUT2D eigenvalue weighted by atomic mass is 9.83. The quantitative estimate of drug-likeness (QED) is 0.366. The Morgan fingerprint density at radius 1 is 1.23 bits per heavy atom. The van der Waals surface area contributed by atoms with Crippen LogP contribution >= 0.6 is 8.60 Å². The molecule has 1 saturated heterocycles. The molecule has 0 amide bonds. The number of pyridine rings is 2. The van der Waals surface area contributed by atoms with Crippen molar-refractivity contribution in [3.8, 4) is 17.1 Å². The van der Waals surface area contributed by atoms with Crippen molar-refractivity contribution in [3.05, 3.63) is 57.4 Å². The van der Waals surface area contributed by atoms with Crippen LogP contribution in [0.1, 0.15) is 30.0 Å². The Balaban J connectivity index is 1.63. The number of carbonyl (C=O) groups excluding carboxylic acids is 1. The normalized spacial score (nSPS) is 29.4. The molecule has 0 radical (unpaired) electrons. The minimum absolute atomic E-state index is 0.00982. The summed E-state index contributed by atoms with van der Waals surface area (Å²) >= 11 is 0. The first-order chi connectivity index (χ1) is 14.4. The third kappa shape index (κ3) is 1.73. The predicted octanol–water partition coefficient (Wildman–Crippen LogP) is 2.36. The maximum Gasteiger partial charge on any atom is 0.408 e. The molecule has 2 aromatic heterocycles. The monoisotopic (exact) mass is 424 g/mol. The Morgan fingerprint density at radius 3 is 2.83 bits per heavy atom. The Hall–Kier alpha value is -2.84. The topological polar surface area (TPSA) is 109 Å². The first-order valence-electron chi connectivity index (χ1n) is 9.48. The van der Waals surface area contributed by atoms with Gasteiger partial charge in [-0.2, -0.15) is 0 Å². The Labute approximate surface area is 169 Å². The average Bonchev–Trinajstić information content (AvgIpc) is 3.00. The first kappa shape index (κ1) is 16.9. The van der Waals surface area contributed by atoms with Crippen molar-refractivity contribution in [1.82, 2.24) is 9.55 Å². The maximum atomic E-state index is 13.6. The molecule has 5 bridgehead atoms. The summed E-state index contributed by atoms with van der Waals surface area (Å²) in [6, 6.07) is 9.64. The Bertz CT molecular complexity index is 1390.